The highest BCUT2D eigenvalue weighted by molar-refractivity contribution is 6.14. The van der Waals surface area contributed by atoms with Crippen LogP contribution in [0.1, 0.15) is 54.8 Å². The number of ketones is 2. The van der Waals surface area contributed by atoms with Crippen molar-refractivity contribution in [3.05, 3.63) is 41.7 Å². The second-order valence-electron chi connectivity index (χ2n) is 6.30. The van der Waals surface area contributed by atoms with Crippen molar-refractivity contribution >= 4 is 22.3 Å². The monoisotopic (exact) mass is 269 g/mol. The lowest BCUT2D eigenvalue weighted by atomic mass is 9.86. The van der Waals surface area contributed by atoms with Gasteiger partial charge in [-0.3, -0.25) is 14.6 Å². The Morgan fingerprint density at radius 1 is 1.05 bits per heavy atom. The molecule has 104 valence electrons. The van der Waals surface area contributed by atoms with E-state index in [9.17, 15) is 9.59 Å². The fourth-order valence-corrected chi connectivity index (χ4v) is 2.32. The van der Waals surface area contributed by atoms with E-state index in [2.05, 4.69) is 4.98 Å². The summed E-state index contributed by atoms with van der Waals surface area (Å²) in [5, 5.41) is 1.56. The van der Waals surface area contributed by atoms with E-state index in [1.165, 1.54) is 6.92 Å². The molecule has 0 amide bonds. The van der Waals surface area contributed by atoms with Crippen LogP contribution in [0, 0.1) is 5.41 Å². The van der Waals surface area contributed by atoms with Gasteiger partial charge in [0.15, 0.2) is 11.6 Å². The smallest absolute Gasteiger partial charge is 0.164 e. The van der Waals surface area contributed by atoms with Crippen molar-refractivity contribution in [3.8, 4) is 0 Å². The number of rotatable bonds is 3. The van der Waals surface area contributed by atoms with Crippen LogP contribution in [0.3, 0.4) is 0 Å². The molecule has 0 aliphatic carbocycles. The maximum absolute atomic E-state index is 12.4. The lowest BCUT2D eigenvalue weighted by Gasteiger charge is -2.17. The molecule has 0 radical (unpaired) electrons. The number of hydrogen-bond acceptors (Lipinski definition) is 3. The molecule has 0 fully saturated rings. The highest BCUT2D eigenvalue weighted by Gasteiger charge is 2.20. The van der Waals surface area contributed by atoms with E-state index >= 15 is 0 Å². The summed E-state index contributed by atoms with van der Waals surface area (Å²) in [5.41, 5.74) is 1.22. The number of nitrogens with zero attached hydrogens (tertiary/aromatic N) is 1. The number of Topliss-reactive ketones (excluding diaryl/α,β-unsaturated/α-hetero) is 2. The van der Waals surface area contributed by atoms with Gasteiger partial charge >= 0.3 is 0 Å². The summed E-state index contributed by atoms with van der Waals surface area (Å²) in [6.07, 6.45) is 3.78. The van der Waals surface area contributed by atoms with Crippen LogP contribution in [0.4, 0.5) is 0 Å². The Labute approximate surface area is 119 Å². The normalized spacial score (nSPS) is 11.6. The Kier molecular flexibility index (Phi) is 3.71. The van der Waals surface area contributed by atoms with Gasteiger partial charge in [0.05, 0.1) is 0 Å². The summed E-state index contributed by atoms with van der Waals surface area (Å²) in [4.78, 5) is 28.2. The molecule has 0 aliphatic rings. The van der Waals surface area contributed by atoms with Crippen LogP contribution < -0.4 is 0 Å². The number of carbonyl (C=O) groups is 2. The maximum atomic E-state index is 12.4. The molecule has 0 spiro atoms. The molecule has 3 heteroatoms. The van der Waals surface area contributed by atoms with E-state index < -0.39 is 0 Å². The van der Waals surface area contributed by atoms with E-state index in [0.717, 1.165) is 10.8 Å². The van der Waals surface area contributed by atoms with Crippen molar-refractivity contribution in [2.24, 2.45) is 5.41 Å². The van der Waals surface area contributed by atoms with Gasteiger partial charge in [0.1, 0.15) is 0 Å². The predicted octanol–water partition coefficient (Wildman–Crippen LogP) is 4.06. The average Bonchev–Trinajstić information content (AvgIpc) is 2.35. The molecule has 3 nitrogen and oxygen atoms in total. The van der Waals surface area contributed by atoms with Gasteiger partial charge in [0.2, 0.25) is 0 Å². The number of pyridine rings is 1. The van der Waals surface area contributed by atoms with Crippen molar-refractivity contribution in [1.29, 1.82) is 0 Å². The first-order valence-corrected chi connectivity index (χ1v) is 6.70. The summed E-state index contributed by atoms with van der Waals surface area (Å²) in [5.74, 6) is 0.0848. The van der Waals surface area contributed by atoms with Crippen molar-refractivity contribution in [2.75, 3.05) is 0 Å². The van der Waals surface area contributed by atoms with Gasteiger partial charge in [-0.05, 0) is 29.9 Å². The van der Waals surface area contributed by atoms with Gasteiger partial charge in [-0.1, -0.05) is 26.8 Å². The molecule has 0 unspecified atom stereocenters. The Bertz CT molecular complexity index is 681. The molecule has 0 saturated heterocycles. The third kappa shape index (κ3) is 2.93. The Hall–Kier alpha value is -2.03. The van der Waals surface area contributed by atoms with Gasteiger partial charge < -0.3 is 0 Å². The molecule has 0 aliphatic heterocycles. The number of fused-ring (bicyclic) bond motifs is 1. The molecule has 1 aromatic carbocycles. The molecule has 20 heavy (non-hydrogen) atoms. The lowest BCUT2D eigenvalue weighted by molar-refractivity contribution is 0.0939. The minimum absolute atomic E-state index is 0.00368. The molecule has 0 atom stereocenters. The van der Waals surface area contributed by atoms with Crippen LogP contribution >= 0.6 is 0 Å². The fourth-order valence-electron chi connectivity index (χ4n) is 2.32. The number of aromatic nitrogens is 1. The molecule has 0 N–H and O–H groups in total. The minimum Gasteiger partial charge on any atom is -0.294 e. The zero-order chi connectivity index (χ0) is 14.9. The molecule has 0 bridgehead atoms. The van der Waals surface area contributed by atoms with E-state index in [-0.39, 0.29) is 17.0 Å². The first kappa shape index (κ1) is 14.4. The largest absolute Gasteiger partial charge is 0.294 e. The van der Waals surface area contributed by atoms with Crippen LogP contribution in [0.25, 0.3) is 10.8 Å². The van der Waals surface area contributed by atoms with Crippen LogP contribution in [0.2, 0.25) is 0 Å². The average molecular weight is 269 g/mol. The number of benzene rings is 1. The van der Waals surface area contributed by atoms with Crippen LogP contribution in [-0.2, 0) is 0 Å². The molecule has 2 aromatic rings. The molecule has 2 rings (SSSR count). The zero-order valence-corrected chi connectivity index (χ0v) is 12.4. The van der Waals surface area contributed by atoms with Crippen molar-refractivity contribution < 1.29 is 9.59 Å². The molecule has 1 aromatic heterocycles. The number of carbonyl (C=O) groups excluding carboxylic acids is 2. The number of hydrogen-bond donors (Lipinski definition) is 0. The van der Waals surface area contributed by atoms with E-state index in [4.69, 9.17) is 0 Å². The molecule has 1 heterocycles. The van der Waals surface area contributed by atoms with Crippen LogP contribution in [0.15, 0.2) is 30.6 Å². The summed E-state index contributed by atoms with van der Waals surface area (Å²) < 4.78 is 0. The summed E-state index contributed by atoms with van der Waals surface area (Å²) in [7, 11) is 0. The van der Waals surface area contributed by atoms with Gasteiger partial charge in [0, 0.05) is 35.3 Å². The predicted molar refractivity (Wildman–Crippen MR) is 80.2 cm³/mol. The molecular weight excluding hydrogens is 250 g/mol. The SMILES string of the molecule is CC(=O)c1ccc(C(=O)CC(C)(C)C)c2cnccc12. The maximum Gasteiger partial charge on any atom is 0.164 e. The van der Waals surface area contributed by atoms with Gasteiger partial charge in [-0.15, -0.1) is 0 Å². The lowest BCUT2D eigenvalue weighted by Crippen LogP contribution is -2.13. The Balaban J connectivity index is 2.59. The summed E-state index contributed by atoms with van der Waals surface area (Å²) in [6.45, 7) is 7.64. The van der Waals surface area contributed by atoms with E-state index in [1.54, 1.807) is 30.6 Å². The highest BCUT2D eigenvalue weighted by Crippen LogP contribution is 2.27. The van der Waals surface area contributed by atoms with Crippen LogP contribution in [0.5, 0.6) is 0 Å². The topological polar surface area (TPSA) is 47.0 Å². The van der Waals surface area contributed by atoms with Crippen molar-refractivity contribution in [1.82, 2.24) is 4.98 Å². The van der Waals surface area contributed by atoms with E-state index in [1.807, 2.05) is 20.8 Å². The third-order valence-electron chi connectivity index (χ3n) is 3.19. The van der Waals surface area contributed by atoms with Gasteiger partial charge in [0.25, 0.3) is 0 Å². The minimum atomic E-state index is -0.0646. The Morgan fingerprint density at radius 3 is 2.30 bits per heavy atom. The summed E-state index contributed by atoms with van der Waals surface area (Å²) in [6, 6.07) is 5.27. The highest BCUT2D eigenvalue weighted by atomic mass is 16.1. The summed E-state index contributed by atoms with van der Waals surface area (Å²) >= 11 is 0. The second kappa shape index (κ2) is 5.16. The van der Waals surface area contributed by atoms with E-state index in [0.29, 0.717) is 17.5 Å². The zero-order valence-electron chi connectivity index (χ0n) is 12.4. The van der Waals surface area contributed by atoms with Gasteiger partial charge in [-0.25, -0.2) is 0 Å². The van der Waals surface area contributed by atoms with Crippen molar-refractivity contribution in [2.45, 2.75) is 34.1 Å². The standard InChI is InChI=1S/C17H19NO2/c1-11(19)12-5-6-14(16(20)9-17(2,3)4)15-10-18-8-7-13(12)15/h5-8,10H,9H2,1-4H3. The van der Waals surface area contributed by atoms with Crippen LogP contribution in [-0.4, -0.2) is 16.6 Å². The third-order valence-corrected chi connectivity index (χ3v) is 3.19. The van der Waals surface area contributed by atoms with Gasteiger partial charge in [-0.2, -0.15) is 0 Å². The first-order valence-electron chi connectivity index (χ1n) is 6.70. The second-order valence-corrected chi connectivity index (χ2v) is 6.30. The van der Waals surface area contributed by atoms with Crippen molar-refractivity contribution in [3.63, 3.8) is 0 Å². The quantitative estimate of drug-likeness (QED) is 0.789. The first-order chi connectivity index (χ1) is 9.29. The Morgan fingerprint density at radius 2 is 1.70 bits per heavy atom. The molecular formula is C17H19NO2. The molecule has 0 saturated carbocycles. The fraction of sp³-hybridized carbons (Fsp3) is 0.353.